The monoisotopic (exact) mass is 1840 g/mol. The molecule has 0 aromatic heterocycles. The van der Waals surface area contributed by atoms with Crippen LogP contribution in [0, 0.1) is 0 Å². The number of aliphatic hydroxyl groups excluding tert-OH is 1. The van der Waals surface area contributed by atoms with Crippen molar-refractivity contribution in [1.82, 2.24) is 30.2 Å². The Morgan fingerprint density at radius 2 is 0.432 bits per heavy atom. The van der Waals surface area contributed by atoms with Crippen LogP contribution in [0.25, 0.3) is 0 Å². The molecule has 3 saturated heterocycles. The van der Waals surface area contributed by atoms with E-state index in [2.05, 4.69) is 20.7 Å². The van der Waals surface area contributed by atoms with E-state index in [1.54, 1.807) is 30.6 Å². The summed E-state index contributed by atoms with van der Waals surface area (Å²) in [6.45, 7) is 52.8. The van der Waals surface area contributed by atoms with Crippen LogP contribution in [0.2, 0.25) is 0 Å². The first-order chi connectivity index (χ1) is 60.3. The molecule has 3 aliphatic rings. The molecular weight excluding hydrogens is 1670 g/mol. The summed E-state index contributed by atoms with van der Waals surface area (Å²) in [7, 11) is 4.90. The van der Waals surface area contributed by atoms with Crippen LogP contribution in [-0.4, -0.2) is 488 Å². The third-order valence-electron chi connectivity index (χ3n) is 17.5. The fourth-order valence-electron chi connectivity index (χ4n) is 11.4. The van der Waals surface area contributed by atoms with E-state index >= 15 is 0 Å². The molecule has 3 aliphatic heterocycles. The molecule has 0 aromatic rings. The molecule has 0 aromatic carbocycles. The number of rotatable bonds is 89. The summed E-state index contributed by atoms with van der Waals surface area (Å²) >= 11 is 6.39. The average Bonchev–Trinajstić information content (AvgIpc) is 1.61. The minimum atomic E-state index is -0.745. The maximum atomic E-state index is 12.7. The molecule has 0 aliphatic carbocycles. The molecule has 0 bridgehead atoms. The maximum absolute atomic E-state index is 12.7. The van der Waals surface area contributed by atoms with Gasteiger partial charge in [-0.05, 0) is 94.9 Å². The Balaban J connectivity index is 0.00000204. The molecular formula is C84H169ClN6O34. The Bertz CT molecular complexity index is 2380. The number of hydrogen-bond donors (Lipinski definition) is 4. The number of hydrogen-bond acceptors (Lipinski definition) is 37. The Morgan fingerprint density at radius 1 is 0.248 bits per heavy atom. The van der Waals surface area contributed by atoms with Crippen molar-refractivity contribution in [1.29, 1.82) is 0 Å². The minimum Gasteiger partial charge on any atom is -0.394 e. The van der Waals surface area contributed by atoms with Crippen molar-refractivity contribution in [3.63, 3.8) is 0 Å². The Hall–Kier alpha value is -2.66. The first-order valence-electron chi connectivity index (χ1n) is 44.0. The van der Waals surface area contributed by atoms with Gasteiger partial charge in [0.1, 0.15) is 11.2 Å². The summed E-state index contributed by atoms with van der Waals surface area (Å²) in [6.07, 6.45) is 0. The van der Waals surface area contributed by atoms with Crippen LogP contribution in [0.1, 0.15) is 83.1 Å². The smallest absolute Gasteiger partial charge is 0.245 e. The van der Waals surface area contributed by atoms with Gasteiger partial charge >= 0.3 is 0 Å². The lowest BCUT2D eigenvalue weighted by Gasteiger charge is -2.35. The normalized spacial score (nSPS) is 16.1. The zero-order chi connectivity index (χ0) is 92.2. The summed E-state index contributed by atoms with van der Waals surface area (Å²) in [4.78, 5) is 39.9. The quantitative estimate of drug-likeness (QED) is 0.0501. The van der Waals surface area contributed by atoms with E-state index in [0.717, 1.165) is 0 Å². The second-order valence-corrected chi connectivity index (χ2v) is 31.0. The van der Waals surface area contributed by atoms with Gasteiger partial charge in [0.2, 0.25) is 17.7 Å². The van der Waals surface area contributed by atoms with Gasteiger partial charge in [0, 0.05) is 34.4 Å². The van der Waals surface area contributed by atoms with Crippen molar-refractivity contribution >= 4 is 29.5 Å². The highest BCUT2D eigenvalue weighted by Crippen LogP contribution is 2.39. The van der Waals surface area contributed by atoms with Gasteiger partial charge in [0.15, 0.2) is 0 Å². The van der Waals surface area contributed by atoms with Crippen molar-refractivity contribution in [3.8, 4) is 0 Å². The zero-order valence-corrected chi connectivity index (χ0v) is 79.8. The summed E-state index contributed by atoms with van der Waals surface area (Å²) in [5, 5.41) is 17.5. The second-order valence-electron chi connectivity index (χ2n) is 30.6. The molecule has 0 saturated carbocycles. The molecule has 746 valence electrons. The van der Waals surface area contributed by atoms with E-state index in [1.807, 2.05) is 88.0 Å². The second kappa shape index (κ2) is 84.3. The topological polar surface area (TPSA) is 394 Å². The average molecular weight is 1840 g/mol. The van der Waals surface area contributed by atoms with E-state index in [4.69, 9.17) is 154 Å². The van der Waals surface area contributed by atoms with Crippen LogP contribution in [-0.2, 0) is 156 Å². The molecule has 40 nitrogen and oxygen atoms in total. The fraction of sp³-hybridized carbons (Fsp3) is 0.964. The van der Waals surface area contributed by atoms with Crippen molar-refractivity contribution in [3.05, 3.63) is 0 Å². The molecule has 3 heterocycles. The summed E-state index contributed by atoms with van der Waals surface area (Å²) in [5.41, 5.74) is -2.92. The first-order valence-corrected chi connectivity index (χ1v) is 44.3. The fourth-order valence-corrected chi connectivity index (χ4v) is 11.5. The molecule has 4 N–H and O–H groups in total. The van der Waals surface area contributed by atoms with Crippen LogP contribution < -0.4 is 16.0 Å². The number of nitrogens with one attached hydrogen (secondary N) is 3. The molecule has 0 unspecified atom stereocenters. The lowest BCUT2D eigenvalue weighted by molar-refractivity contribution is -0.135. The summed E-state index contributed by atoms with van der Waals surface area (Å²) in [6, 6.07) is 0. The Kier molecular flexibility index (Phi) is 82.5. The number of nitrogens with zero attached hydrogens (tertiary/aromatic N) is 3. The Morgan fingerprint density at radius 3 is 0.568 bits per heavy atom. The Labute approximate surface area is 752 Å². The van der Waals surface area contributed by atoms with Gasteiger partial charge in [-0.2, -0.15) is 4.42 Å². The molecule has 0 radical (unpaired) electrons. The molecule has 0 atom stereocenters. The highest BCUT2D eigenvalue weighted by Gasteiger charge is 2.56. The van der Waals surface area contributed by atoms with Gasteiger partial charge in [-0.15, -0.1) is 0 Å². The molecule has 41 heteroatoms. The zero-order valence-electron chi connectivity index (χ0n) is 79.1. The molecule has 3 rings (SSSR count). The van der Waals surface area contributed by atoms with Gasteiger partial charge in [-0.1, -0.05) is 0 Å². The lowest BCUT2D eigenvalue weighted by Crippen LogP contribution is -2.49. The minimum absolute atomic E-state index is 0.00939. The van der Waals surface area contributed by atoms with Crippen molar-refractivity contribution in [2.45, 2.75) is 117 Å². The standard InChI is InChI=1S/C36H71ClN2O15.C36H72N2O15.C7H14N2O.C5H12O3/c1-35(2)34(40)38(36(3,4)39(35)37)6-7-42-10-11-44-14-15-46-18-19-48-22-23-50-26-27-52-30-31-54-33-32-53-29-28-51-25-24-49-21-20-47-17-16-45-13-12-43-9-8-41-5;1-35(2)34(39)38(36(3,4)37-35)6-7-41-10-11-43-14-15-45-18-19-47-22-23-49-26-27-51-30-31-53-33-32-52-29-28-50-25-24-48-21-20-46-17-16-44-13-12-42-9-8-40-5;1-6(2)5(10)8-7(3,4)9-6;1-7-4-5-8-3-2-6/h6-33H2,1-5H3;37H,6-33H2,1-5H3;9H,1-4H3,(H,8,10);6H,2-5H2,1H3. The third kappa shape index (κ3) is 71.6. The first kappa shape index (κ1) is 122. The van der Waals surface area contributed by atoms with Gasteiger partial charge in [-0.3, -0.25) is 25.0 Å². The summed E-state index contributed by atoms with van der Waals surface area (Å²) in [5.74, 6) is 0.146. The highest BCUT2D eigenvalue weighted by molar-refractivity contribution is 6.17. The van der Waals surface area contributed by atoms with Crippen molar-refractivity contribution in [2.24, 2.45) is 0 Å². The number of methoxy groups -OCH3 is 3. The van der Waals surface area contributed by atoms with Gasteiger partial charge in [0.05, 0.1) is 406 Å². The predicted octanol–water partition coefficient (Wildman–Crippen LogP) is 2.32. The molecule has 0 spiro atoms. The van der Waals surface area contributed by atoms with E-state index in [0.29, 0.717) is 390 Å². The van der Waals surface area contributed by atoms with Gasteiger partial charge in [-0.25, -0.2) is 0 Å². The SMILES string of the molecule is CC1(C)NC(=O)C(C)(C)N1.COCCOCCO.COCCOCCOCCOCCOCCOCCOCCOCCOCCOCCOCCOCCOCCOCCN1C(=O)C(C)(C)N(Cl)C1(C)C.COCCOCCOCCOCCOCCOCCOCCOCCOCCOCCOCCOCCOCCOCCN1C(=O)C(C)(C)NC1(C)C. The van der Waals surface area contributed by atoms with Crippen molar-refractivity contribution < 1.29 is 162 Å². The molecule has 3 amide bonds. The number of amides is 3. The number of ether oxygens (including phenoxy) is 30. The number of carbonyl (C=O) groups is 3. The van der Waals surface area contributed by atoms with Crippen LogP contribution >= 0.6 is 11.8 Å². The van der Waals surface area contributed by atoms with Crippen molar-refractivity contribution in [2.75, 3.05) is 418 Å². The van der Waals surface area contributed by atoms with Crippen LogP contribution in [0.15, 0.2) is 0 Å². The maximum Gasteiger partial charge on any atom is 0.245 e. The van der Waals surface area contributed by atoms with E-state index in [1.165, 1.54) is 0 Å². The predicted molar refractivity (Wildman–Crippen MR) is 465 cm³/mol. The third-order valence-corrected chi connectivity index (χ3v) is 18.3. The van der Waals surface area contributed by atoms with E-state index in [9.17, 15) is 14.4 Å². The van der Waals surface area contributed by atoms with Gasteiger partial charge < -0.3 is 162 Å². The van der Waals surface area contributed by atoms with E-state index < -0.39 is 22.3 Å². The van der Waals surface area contributed by atoms with Gasteiger partial charge in [0.25, 0.3) is 0 Å². The van der Waals surface area contributed by atoms with E-state index in [-0.39, 0.29) is 35.7 Å². The summed E-state index contributed by atoms with van der Waals surface area (Å²) < 4.78 is 163. The van der Waals surface area contributed by atoms with Crippen LogP contribution in [0.4, 0.5) is 0 Å². The highest BCUT2D eigenvalue weighted by atomic mass is 35.5. The molecule has 125 heavy (non-hydrogen) atoms. The molecule has 3 fully saturated rings. The van der Waals surface area contributed by atoms with Crippen LogP contribution in [0.3, 0.4) is 0 Å². The lowest BCUT2D eigenvalue weighted by atomic mass is 10.1. The largest absolute Gasteiger partial charge is 0.394 e. The number of aliphatic hydroxyl groups is 1. The number of halogens is 1. The number of carbonyl (C=O) groups excluding carboxylic acids is 3. The van der Waals surface area contributed by atoms with Crippen LogP contribution in [0.5, 0.6) is 0 Å².